The van der Waals surface area contributed by atoms with E-state index in [1.807, 2.05) is 24.3 Å². The number of hydrogen-bond donors (Lipinski definition) is 0. The van der Waals surface area contributed by atoms with Gasteiger partial charge in [-0.1, -0.05) is 50.5 Å². The fourth-order valence-electron chi connectivity index (χ4n) is 4.30. The molecule has 2 aromatic carbocycles. The maximum Gasteiger partial charge on any atom is 0.494 e. The van der Waals surface area contributed by atoms with Gasteiger partial charge < -0.3 is 18.8 Å². The predicted octanol–water partition coefficient (Wildman–Crippen LogP) is 5.70. The van der Waals surface area contributed by atoms with E-state index in [0.717, 1.165) is 48.4 Å². The Bertz CT molecular complexity index is 873. The molecule has 2 aliphatic rings. The van der Waals surface area contributed by atoms with Gasteiger partial charge in [-0.2, -0.15) is 13.2 Å². The van der Waals surface area contributed by atoms with E-state index < -0.39 is 18.9 Å². The summed E-state index contributed by atoms with van der Waals surface area (Å²) in [6.45, 7) is 3.29. The van der Waals surface area contributed by atoms with Crippen molar-refractivity contribution in [2.75, 3.05) is 13.2 Å². The molecule has 33 heavy (non-hydrogen) atoms. The van der Waals surface area contributed by atoms with Crippen LogP contribution in [0.4, 0.5) is 13.2 Å². The smallest absolute Gasteiger partial charge is 0.494 e. The summed E-state index contributed by atoms with van der Waals surface area (Å²) in [5, 5.41) is 0. The van der Waals surface area contributed by atoms with E-state index in [0.29, 0.717) is 13.0 Å². The van der Waals surface area contributed by atoms with E-state index in [2.05, 4.69) is 6.92 Å². The molecule has 0 unspecified atom stereocenters. The van der Waals surface area contributed by atoms with Crippen LogP contribution in [0.1, 0.15) is 62.7 Å². The van der Waals surface area contributed by atoms with Crippen LogP contribution in [-0.4, -0.2) is 32.5 Å². The Morgan fingerprint density at radius 1 is 0.939 bits per heavy atom. The summed E-state index contributed by atoms with van der Waals surface area (Å²) >= 11 is 0. The van der Waals surface area contributed by atoms with Gasteiger partial charge in [-0.15, -0.1) is 0 Å². The summed E-state index contributed by atoms with van der Waals surface area (Å²) in [4.78, 5) is 0. The number of ether oxygens (including phenoxy) is 2. The lowest BCUT2D eigenvalue weighted by Crippen LogP contribution is -2.54. The Morgan fingerprint density at radius 2 is 1.70 bits per heavy atom. The van der Waals surface area contributed by atoms with Crippen molar-refractivity contribution in [2.24, 2.45) is 0 Å². The summed E-state index contributed by atoms with van der Waals surface area (Å²) in [6.07, 6.45) is 1.18. The molecule has 2 saturated heterocycles. The molecule has 0 aliphatic carbocycles. The normalized spacial score (nSPS) is 23.3. The third kappa shape index (κ3) is 6.31. The van der Waals surface area contributed by atoms with Crippen LogP contribution in [0.3, 0.4) is 0 Å². The molecule has 2 aliphatic heterocycles. The van der Waals surface area contributed by atoms with Gasteiger partial charge in [0.2, 0.25) is 0 Å². The van der Waals surface area contributed by atoms with E-state index in [1.165, 1.54) is 31.4 Å². The predicted molar refractivity (Wildman–Crippen MR) is 121 cm³/mol. The van der Waals surface area contributed by atoms with Crippen molar-refractivity contribution in [2.45, 2.75) is 69.9 Å². The first-order valence-electron chi connectivity index (χ1n) is 11.8. The molecule has 0 saturated carbocycles. The molecule has 8 heteroatoms. The van der Waals surface area contributed by atoms with Crippen LogP contribution in [-0.2, 0) is 20.2 Å². The minimum absolute atomic E-state index is 0.107. The van der Waals surface area contributed by atoms with Gasteiger partial charge in [0.1, 0.15) is 11.9 Å². The first-order valence-corrected chi connectivity index (χ1v) is 11.8. The van der Waals surface area contributed by atoms with Crippen LogP contribution in [0.2, 0.25) is 0 Å². The van der Waals surface area contributed by atoms with E-state index in [4.69, 9.17) is 18.8 Å². The minimum atomic E-state index is -4.34. The summed E-state index contributed by atoms with van der Waals surface area (Å²) in [7, 11) is -0.462. The molecule has 0 radical (unpaired) electrons. The quantitative estimate of drug-likeness (QED) is 0.373. The molecule has 3 atom stereocenters. The summed E-state index contributed by atoms with van der Waals surface area (Å²) in [5.74, 6) is 0.837. The number of fused-ring (bicyclic) bond motifs is 1. The Morgan fingerprint density at radius 3 is 2.39 bits per heavy atom. The first-order chi connectivity index (χ1) is 15.9. The highest BCUT2D eigenvalue weighted by Gasteiger charge is 2.41. The second-order valence-corrected chi connectivity index (χ2v) is 8.68. The summed E-state index contributed by atoms with van der Waals surface area (Å²) in [6, 6.07) is 13.0. The average molecular weight is 462 g/mol. The molecule has 2 heterocycles. The summed E-state index contributed by atoms with van der Waals surface area (Å²) < 4.78 is 62.4. The van der Waals surface area contributed by atoms with Crippen LogP contribution in [0.25, 0.3) is 0 Å². The molecule has 2 fully saturated rings. The number of benzene rings is 2. The highest BCUT2D eigenvalue weighted by atomic mass is 19.4. The van der Waals surface area contributed by atoms with Gasteiger partial charge in [0.05, 0.1) is 31.0 Å². The van der Waals surface area contributed by atoms with Gasteiger partial charge in [0.25, 0.3) is 0 Å². The van der Waals surface area contributed by atoms with Gasteiger partial charge in [0.15, 0.2) is 0 Å². The Kier molecular flexibility index (Phi) is 7.99. The molecule has 4 nitrogen and oxygen atoms in total. The Hall–Kier alpha value is -2.03. The van der Waals surface area contributed by atoms with E-state index in [9.17, 15) is 13.2 Å². The fourth-order valence-corrected chi connectivity index (χ4v) is 4.30. The van der Waals surface area contributed by atoms with Gasteiger partial charge in [-0.3, -0.25) is 0 Å². The molecule has 4 rings (SSSR count). The number of alkyl halides is 3. The highest BCUT2D eigenvalue weighted by Crippen LogP contribution is 2.36. The molecule has 178 valence electrons. The molecule has 0 bridgehead atoms. The molecule has 0 aromatic heterocycles. The maximum absolute atomic E-state index is 12.8. The van der Waals surface area contributed by atoms with Gasteiger partial charge in [-0.05, 0) is 54.6 Å². The molecular formula is C25H30BF3O4. The molecule has 0 N–H and O–H groups in total. The van der Waals surface area contributed by atoms with Crippen molar-refractivity contribution in [1.29, 1.82) is 0 Å². The van der Waals surface area contributed by atoms with Gasteiger partial charge >= 0.3 is 13.3 Å². The minimum Gasteiger partial charge on any atom is -0.494 e. The van der Waals surface area contributed by atoms with Crippen molar-refractivity contribution in [3.8, 4) is 5.75 Å². The van der Waals surface area contributed by atoms with Crippen molar-refractivity contribution >= 4 is 12.6 Å². The van der Waals surface area contributed by atoms with Crippen LogP contribution in [0.5, 0.6) is 5.75 Å². The SMILES string of the molecule is CCCCCCOc1ccc(B2OC[C@H]3O[C@@H](c4ccc(C(F)(F)F)cc4)CC[C@@H]3O2)cc1. The third-order valence-electron chi connectivity index (χ3n) is 6.21. The zero-order valence-corrected chi connectivity index (χ0v) is 18.9. The van der Waals surface area contributed by atoms with E-state index in [-0.39, 0.29) is 18.3 Å². The van der Waals surface area contributed by atoms with Crippen LogP contribution in [0, 0.1) is 0 Å². The van der Waals surface area contributed by atoms with Crippen molar-refractivity contribution in [3.05, 3.63) is 59.7 Å². The third-order valence-corrected chi connectivity index (χ3v) is 6.21. The van der Waals surface area contributed by atoms with Crippen LogP contribution >= 0.6 is 0 Å². The zero-order chi connectivity index (χ0) is 23.3. The monoisotopic (exact) mass is 462 g/mol. The van der Waals surface area contributed by atoms with Gasteiger partial charge in [0, 0.05) is 0 Å². The second-order valence-electron chi connectivity index (χ2n) is 8.68. The topological polar surface area (TPSA) is 36.9 Å². The van der Waals surface area contributed by atoms with Crippen LogP contribution < -0.4 is 10.2 Å². The average Bonchev–Trinajstić information content (AvgIpc) is 2.83. The maximum atomic E-state index is 12.8. The second kappa shape index (κ2) is 10.9. The van der Waals surface area contributed by atoms with Crippen LogP contribution in [0.15, 0.2) is 48.5 Å². The standard InChI is InChI=1S/C25H30BF3O4/c1-2-3-4-5-16-30-21-12-10-20(11-13-21)26-31-17-24-23(33-26)15-14-22(32-24)18-6-8-19(9-7-18)25(27,28)29/h6-13,22-24H,2-5,14-17H2,1H3/t22-,23+,24-/m1/s1. The number of rotatable bonds is 8. The zero-order valence-electron chi connectivity index (χ0n) is 18.9. The lowest BCUT2D eigenvalue weighted by atomic mass is 9.76. The number of halogens is 3. The first kappa shape index (κ1) is 24.1. The Balaban J connectivity index is 1.27. The largest absolute Gasteiger partial charge is 0.494 e. The van der Waals surface area contributed by atoms with E-state index >= 15 is 0 Å². The fraction of sp³-hybridized carbons (Fsp3) is 0.520. The molecule has 0 spiro atoms. The number of unbranched alkanes of at least 4 members (excludes halogenated alkanes) is 3. The van der Waals surface area contributed by atoms with Crippen molar-refractivity contribution in [3.63, 3.8) is 0 Å². The number of hydrogen-bond acceptors (Lipinski definition) is 4. The van der Waals surface area contributed by atoms with Crippen molar-refractivity contribution < 1.29 is 32.0 Å². The Labute approximate surface area is 193 Å². The molecule has 2 aromatic rings. The lowest BCUT2D eigenvalue weighted by Gasteiger charge is -2.41. The molecular weight excluding hydrogens is 432 g/mol. The molecule has 0 amide bonds. The van der Waals surface area contributed by atoms with E-state index in [1.54, 1.807) is 0 Å². The summed E-state index contributed by atoms with van der Waals surface area (Å²) in [5.41, 5.74) is 1.02. The van der Waals surface area contributed by atoms with Gasteiger partial charge in [-0.25, -0.2) is 0 Å². The van der Waals surface area contributed by atoms with Crippen molar-refractivity contribution in [1.82, 2.24) is 0 Å². The highest BCUT2D eigenvalue weighted by molar-refractivity contribution is 6.61. The lowest BCUT2D eigenvalue weighted by molar-refractivity contribution is -0.150.